The van der Waals surface area contributed by atoms with E-state index in [9.17, 15) is 13.2 Å². The average Bonchev–Trinajstić information content (AvgIpc) is 3.35. The normalized spacial score (nSPS) is 12.1. The van der Waals surface area contributed by atoms with Gasteiger partial charge in [0.05, 0.1) is 36.3 Å². The van der Waals surface area contributed by atoms with Crippen LogP contribution >= 0.6 is 0 Å². The second kappa shape index (κ2) is 7.60. The summed E-state index contributed by atoms with van der Waals surface area (Å²) in [5, 5.41) is 8.95. The number of aromatic nitrogens is 5. The molecular formula is C21H21F3N6O. The number of anilines is 1. The predicted molar refractivity (Wildman–Crippen MR) is 110 cm³/mol. The van der Waals surface area contributed by atoms with Crippen molar-refractivity contribution in [3.63, 3.8) is 0 Å². The van der Waals surface area contributed by atoms with Crippen molar-refractivity contribution in [2.45, 2.75) is 32.5 Å². The second-order valence-corrected chi connectivity index (χ2v) is 7.48. The maximum atomic E-state index is 13.1. The molecule has 0 saturated carbocycles. The SMILES string of the molecule is COc1ccc(Cn2nc(-n3cc(C(F)(F)F)cn3)c3c(N)ncc(C(C)C)c32)cc1. The molecule has 0 radical (unpaired) electrons. The molecule has 4 rings (SSSR count). The van der Waals surface area contributed by atoms with Crippen LogP contribution in [0.1, 0.15) is 36.5 Å². The first-order valence-electron chi connectivity index (χ1n) is 9.59. The molecule has 0 amide bonds. The lowest BCUT2D eigenvalue weighted by Crippen LogP contribution is -2.06. The molecule has 162 valence electrons. The van der Waals surface area contributed by atoms with E-state index in [-0.39, 0.29) is 17.6 Å². The number of pyridine rings is 1. The minimum atomic E-state index is -4.51. The molecule has 3 heterocycles. The number of hydrogen-bond acceptors (Lipinski definition) is 5. The minimum Gasteiger partial charge on any atom is -0.497 e. The molecule has 10 heteroatoms. The molecule has 0 spiro atoms. The first-order chi connectivity index (χ1) is 14.7. The van der Waals surface area contributed by atoms with Crippen LogP contribution in [-0.2, 0) is 12.7 Å². The number of halogens is 3. The van der Waals surface area contributed by atoms with E-state index in [2.05, 4.69) is 15.2 Å². The maximum absolute atomic E-state index is 13.1. The lowest BCUT2D eigenvalue weighted by atomic mass is 10.0. The Balaban J connectivity index is 1.91. The zero-order chi connectivity index (χ0) is 22.3. The van der Waals surface area contributed by atoms with Gasteiger partial charge >= 0.3 is 6.18 Å². The molecule has 0 fully saturated rings. The summed E-state index contributed by atoms with van der Waals surface area (Å²) in [5.41, 5.74) is 7.84. The van der Waals surface area contributed by atoms with Gasteiger partial charge in [-0.05, 0) is 29.2 Å². The van der Waals surface area contributed by atoms with Crippen molar-refractivity contribution in [3.05, 3.63) is 59.5 Å². The van der Waals surface area contributed by atoms with E-state index in [1.807, 2.05) is 38.1 Å². The van der Waals surface area contributed by atoms with Gasteiger partial charge in [-0.15, -0.1) is 0 Å². The number of alkyl halides is 3. The first kappa shape index (κ1) is 20.7. The fourth-order valence-corrected chi connectivity index (χ4v) is 3.43. The van der Waals surface area contributed by atoms with Crippen molar-refractivity contribution >= 4 is 16.7 Å². The number of nitrogens with two attached hydrogens (primary N) is 1. The van der Waals surface area contributed by atoms with E-state index < -0.39 is 11.7 Å². The van der Waals surface area contributed by atoms with Crippen LogP contribution in [0.25, 0.3) is 16.7 Å². The van der Waals surface area contributed by atoms with E-state index in [4.69, 9.17) is 10.5 Å². The van der Waals surface area contributed by atoms with E-state index >= 15 is 0 Å². The van der Waals surface area contributed by atoms with Gasteiger partial charge in [0.2, 0.25) is 0 Å². The average molecular weight is 430 g/mol. The smallest absolute Gasteiger partial charge is 0.419 e. The highest BCUT2D eigenvalue weighted by atomic mass is 19.4. The molecule has 2 N–H and O–H groups in total. The molecule has 0 saturated heterocycles. The zero-order valence-electron chi connectivity index (χ0n) is 17.2. The molecule has 3 aromatic heterocycles. The Morgan fingerprint density at radius 1 is 1.13 bits per heavy atom. The van der Waals surface area contributed by atoms with Gasteiger partial charge in [0, 0.05) is 12.4 Å². The fraction of sp³-hybridized carbons (Fsp3) is 0.286. The van der Waals surface area contributed by atoms with Crippen LogP contribution in [0.3, 0.4) is 0 Å². The molecule has 0 atom stereocenters. The highest BCUT2D eigenvalue weighted by molar-refractivity contribution is 5.97. The third kappa shape index (κ3) is 3.80. The van der Waals surface area contributed by atoms with E-state index in [0.29, 0.717) is 11.9 Å². The number of hydrogen-bond donors (Lipinski definition) is 1. The summed E-state index contributed by atoms with van der Waals surface area (Å²) in [6, 6.07) is 7.48. The van der Waals surface area contributed by atoms with Gasteiger partial charge in [-0.25, -0.2) is 9.67 Å². The Kier molecular flexibility index (Phi) is 5.08. The van der Waals surface area contributed by atoms with Crippen LogP contribution in [-0.4, -0.2) is 31.7 Å². The van der Waals surface area contributed by atoms with Gasteiger partial charge in [0.25, 0.3) is 0 Å². The van der Waals surface area contributed by atoms with E-state index in [1.165, 1.54) is 0 Å². The van der Waals surface area contributed by atoms with Crippen molar-refractivity contribution in [2.24, 2.45) is 0 Å². The third-order valence-corrected chi connectivity index (χ3v) is 5.05. The van der Waals surface area contributed by atoms with Gasteiger partial charge in [0.1, 0.15) is 11.6 Å². The number of benzene rings is 1. The highest BCUT2D eigenvalue weighted by Crippen LogP contribution is 2.34. The highest BCUT2D eigenvalue weighted by Gasteiger charge is 2.33. The standard InChI is InChI=1S/C21H21F3N6O/c1-12(2)16-9-26-19(25)17-18(16)29(10-13-4-6-15(31-3)7-5-13)28-20(17)30-11-14(8-27-30)21(22,23)24/h4-9,11-12H,10H2,1-3H3,(H2,25,26). The molecule has 0 aliphatic heterocycles. The Labute approximate surface area is 176 Å². The first-order valence-corrected chi connectivity index (χ1v) is 9.59. The van der Waals surface area contributed by atoms with Crippen molar-refractivity contribution in [1.29, 1.82) is 0 Å². The van der Waals surface area contributed by atoms with Crippen LogP contribution in [0.15, 0.2) is 42.9 Å². The number of methoxy groups -OCH3 is 1. The van der Waals surface area contributed by atoms with Gasteiger partial charge in [-0.2, -0.15) is 23.4 Å². The molecule has 0 aliphatic rings. The van der Waals surface area contributed by atoms with Crippen molar-refractivity contribution in [2.75, 3.05) is 12.8 Å². The van der Waals surface area contributed by atoms with Gasteiger partial charge < -0.3 is 10.5 Å². The minimum absolute atomic E-state index is 0.0955. The maximum Gasteiger partial charge on any atom is 0.419 e. The third-order valence-electron chi connectivity index (χ3n) is 5.05. The summed E-state index contributed by atoms with van der Waals surface area (Å²) in [4.78, 5) is 4.26. The van der Waals surface area contributed by atoms with Crippen LogP contribution in [0.2, 0.25) is 0 Å². The lowest BCUT2D eigenvalue weighted by molar-refractivity contribution is -0.137. The molecule has 0 aliphatic carbocycles. The summed E-state index contributed by atoms with van der Waals surface area (Å²) < 4.78 is 47.3. The summed E-state index contributed by atoms with van der Waals surface area (Å²) in [7, 11) is 1.59. The van der Waals surface area contributed by atoms with E-state index in [1.54, 1.807) is 18.0 Å². The second-order valence-electron chi connectivity index (χ2n) is 7.48. The molecule has 0 bridgehead atoms. The summed E-state index contributed by atoms with van der Waals surface area (Å²) in [5.74, 6) is 1.20. The van der Waals surface area contributed by atoms with Crippen LogP contribution in [0.4, 0.5) is 19.0 Å². The van der Waals surface area contributed by atoms with E-state index in [0.717, 1.165) is 39.5 Å². The molecule has 31 heavy (non-hydrogen) atoms. The van der Waals surface area contributed by atoms with Crippen LogP contribution in [0.5, 0.6) is 5.75 Å². The number of nitrogen functional groups attached to an aromatic ring is 1. The van der Waals surface area contributed by atoms with Crippen molar-refractivity contribution in [1.82, 2.24) is 24.5 Å². The molecule has 1 aromatic carbocycles. The number of nitrogens with zero attached hydrogens (tertiary/aromatic N) is 5. The van der Waals surface area contributed by atoms with Crippen molar-refractivity contribution < 1.29 is 17.9 Å². The zero-order valence-corrected chi connectivity index (χ0v) is 17.2. The Hall–Kier alpha value is -3.56. The molecule has 7 nitrogen and oxygen atoms in total. The lowest BCUT2D eigenvalue weighted by Gasteiger charge is -2.11. The summed E-state index contributed by atoms with van der Waals surface area (Å²) >= 11 is 0. The van der Waals surface area contributed by atoms with Gasteiger partial charge in [-0.3, -0.25) is 4.68 Å². The molecule has 0 unspecified atom stereocenters. The summed E-state index contributed by atoms with van der Waals surface area (Å²) in [6.07, 6.45) is -1.15. The van der Waals surface area contributed by atoms with Crippen LogP contribution in [0, 0.1) is 0 Å². The largest absolute Gasteiger partial charge is 0.497 e. The van der Waals surface area contributed by atoms with Gasteiger partial charge in [0.15, 0.2) is 5.82 Å². The van der Waals surface area contributed by atoms with Crippen LogP contribution < -0.4 is 10.5 Å². The fourth-order valence-electron chi connectivity index (χ4n) is 3.43. The van der Waals surface area contributed by atoms with Gasteiger partial charge in [-0.1, -0.05) is 26.0 Å². The molecule has 4 aromatic rings. The number of fused-ring (bicyclic) bond motifs is 1. The Morgan fingerprint density at radius 2 is 1.84 bits per heavy atom. The summed E-state index contributed by atoms with van der Waals surface area (Å²) in [6.45, 7) is 4.40. The Bertz CT molecular complexity index is 1220. The predicted octanol–water partition coefficient (Wildman–Crippen LogP) is 4.40. The number of ether oxygens (including phenoxy) is 1. The Morgan fingerprint density at radius 3 is 2.42 bits per heavy atom. The molecular weight excluding hydrogens is 409 g/mol. The quantitative estimate of drug-likeness (QED) is 0.507. The number of rotatable bonds is 5. The topological polar surface area (TPSA) is 83.8 Å². The monoisotopic (exact) mass is 430 g/mol. The van der Waals surface area contributed by atoms with Crippen molar-refractivity contribution in [3.8, 4) is 11.6 Å².